The van der Waals surface area contributed by atoms with Gasteiger partial charge in [-0.05, 0) is 25.3 Å². The topological polar surface area (TPSA) is 67.3 Å². The number of nitrogens with zero attached hydrogens (tertiary/aromatic N) is 2. The monoisotopic (exact) mass is 395 g/mol. The summed E-state index contributed by atoms with van der Waals surface area (Å²) in [6.07, 6.45) is 2.70. The third kappa shape index (κ3) is 4.01. The molecule has 5 nitrogen and oxygen atoms in total. The Balaban J connectivity index is 2.12. The first-order valence-corrected chi connectivity index (χ1v) is 11.1. The van der Waals surface area contributed by atoms with E-state index in [-0.39, 0.29) is 18.2 Å². The predicted octanol–water partition coefficient (Wildman–Crippen LogP) is 4.62. The number of hydrogen-bond acceptors (Lipinski definition) is 7. The van der Waals surface area contributed by atoms with Crippen LogP contribution in [0.25, 0.3) is 10.2 Å². The lowest BCUT2D eigenvalue weighted by atomic mass is 9.90. The molecule has 1 aliphatic heterocycles. The average Bonchev–Trinajstić information content (AvgIpc) is 2.96. The van der Waals surface area contributed by atoms with Gasteiger partial charge in [-0.3, -0.25) is 0 Å². The standard InChI is InChI=1S/C19H29N3O2S2/c1-6-12(9-23)20-16-15-13-8-19(5,7-2)24-10-14(13)26-17(15)22-18(21-16)25-11(3)4/h11-12,23H,6-10H2,1-5H3,(H,20,21,22). The fourth-order valence-electron chi connectivity index (χ4n) is 3.12. The van der Waals surface area contributed by atoms with Crippen molar-refractivity contribution in [2.24, 2.45) is 0 Å². The first kappa shape index (κ1) is 19.9. The Morgan fingerprint density at radius 1 is 1.35 bits per heavy atom. The highest BCUT2D eigenvalue weighted by Crippen LogP contribution is 2.42. The molecular weight excluding hydrogens is 366 g/mol. The molecule has 0 aliphatic carbocycles. The van der Waals surface area contributed by atoms with Crippen LogP contribution in [0, 0.1) is 0 Å². The van der Waals surface area contributed by atoms with Gasteiger partial charge in [-0.2, -0.15) is 0 Å². The molecule has 0 amide bonds. The van der Waals surface area contributed by atoms with Crippen LogP contribution in [0.15, 0.2) is 5.16 Å². The van der Waals surface area contributed by atoms with Gasteiger partial charge in [-0.25, -0.2) is 9.97 Å². The van der Waals surface area contributed by atoms with Crippen LogP contribution in [0.5, 0.6) is 0 Å². The molecule has 2 atom stereocenters. The number of aliphatic hydroxyl groups excluding tert-OH is 1. The molecule has 0 saturated heterocycles. The lowest BCUT2D eigenvalue weighted by Crippen LogP contribution is -2.34. The van der Waals surface area contributed by atoms with E-state index in [1.165, 1.54) is 10.4 Å². The van der Waals surface area contributed by atoms with Crippen LogP contribution in [0.2, 0.25) is 0 Å². The first-order chi connectivity index (χ1) is 12.4. The average molecular weight is 396 g/mol. The van der Waals surface area contributed by atoms with Crippen molar-refractivity contribution in [1.82, 2.24) is 9.97 Å². The molecule has 26 heavy (non-hydrogen) atoms. The van der Waals surface area contributed by atoms with Crippen molar-refractivity contribution in [2.45, 2.75) is 82.5 Å². The quantitative estimate of drug-likeness (QED) is 0.527. The summed E-state index contributed by atoms with van der Waals surface area (Å²) in [5, 5.41) is 15.5. The van der Waals surface area contributed by atoms with Gasteiger partial charge in [0.2, 0.25) is 0 Å². The smallest absolute Gasteiger partial charge is 0.191 e. The summed E-state index contributed by atoms with van der Waals surface area (Å²) >= 11 is 3.39. The summed E-state index contributed by atoms with van der Waals surface area (Å²) in [5.74, 6) is 0.858. The highest BCUT2D eigenvalue weighted by Gasteiger charge is 2.33. The van der Waals surface area contributed by atoms with Gasteiger partial charge < -0.3 is 15.2 Å². The second kappa shape index (κ2) is 8.00. The Morgan fingerprint density at radius 2 is 2.12 bits per heavy atom. The minimum Gasteiger partial charge on any atom is -0.394 e. The minimum atomic E-state index is -0.134. The summed E-state index contributed by atoms with van der Waals surface area (Å²) < 4.78 is 6.13. The number of rotatable bonds is 7. The molecule has 0 spiro atoms. The number of anilines is 1. The number of nitrogens with one attached hydrogen (secondary N) is 1. The molecule has 1 aliphatic rings. The molecule has 3 rings (SSSR count). The number of aromatic nitrogens is 2. The maximum Gasteiger partial charge on any atom is 0.191 e. The van der Waals surface area contributed by atoms with Crippen LogP contribution in [-0.2, 0) is 17.8 Å². The second-order valence-corrected chi connectivity index (χ2v) is 10.0. The first-order valence-electron chi connectivity index (χ1n) is 9.39. The molecule has 2 aromatic rings. The van der Waals surface area contributed by atoms with Gasteiger partial charge in [0.1, 0.15) is 10.6 Å². The number of hydrogen-bond donors (Lipinski definition) is 2. The van der Waals surface area contributed by atoms with Crippen LogP contribution in [0.3, 0.4) is 0 Å². The largest absolute Gasteiger partial charge is 0.394 e. The molecule has 3 heterocycles. The third-order valence-corrected chi connectivity index (χ3v) is 6.92. The number of aliphatic hydroxyl groups is 1. The molecule has 144 valence electrons. The molecule has 0 fully saturated rings. The number of ether oxygens (including phenoxy) is 1. The molecule has 0 saturated carbocycles. The van der Waals surface area contributed by atoms with E-state index in [1.54, 1.807) is 23.1 Å². The van der Waals surface area contributed by atoms with Crippen molar-refractivity contribution in [2.75, 3.05) is 11.9 Å². The zero-order valence-electron chi connectivity index (χ0n) is 16.3. The molecule has 2 aromatic heterocycles. The Morgan fingerprint density at radius 3 is 2.73 bits per heavy atom. The SMILES string of the molecule is CCC(CO)Nc1nc(SC(C)C)nc2sc3c(c12)CC(C)(CC)OC3. The van der Waals surface area contributed by atoms with E-state index in [2.05, 4.69) is 39.9 Å². The Kier molecular flexibility index (Phi) is 6.11. The summed E-state index contributed by atoms with van der Waals surface area (Å²) in [7, 11) is 0. The van der Waals surface area contributed by atoms with E-state index < -0.39 is 0 Å². The van der Waals surface area contributed by atoms with E-state index >= 15 is 0 Å². The van der Waals surface area contributed by atoms with E-state index in [1.807, 2.05) is 0 Å². The van der Waals surface area contributed by atoms with Crippen LogP contribution < -0.4 is 5.32 Å². The van der Waals surface area contributed by atoms with Crippen molar-refractivity contribution in [1.29, 1.82) is 0 Å². The van der Waals surface area contributed by atoms with E-state index in [4.69, 9.17) is 14.7 Å². The maximum atomic E-state index is 9.66. The second-order valence-electron chi connectivity index (χ2n) is 7.41. The van der Waals surface area contributed by atoms with Gasteiger partial charge in [0.05, 0.1) is 30.2 Å². The van der Waals surface area contributed by atoms with Gasteiger partial charge in [0.25, 0.3) is 0 Å². The van der Waals surface area contributed by atoms with Crippen LogP contribution >= 0.6 is 23.1 Å². The number of thiophene rings is 1. The zero-order valence-corrected chi connectivity index (χ0v) is 17.9. The summed E-state index contributed by atoms with van der Waals surface area (Å²) in [6.45, 7) is 11.5. The Bertz CT molecular complexity index is 774. The van der Waals surface area contributed by atoms with Crippen molar-refractivity contribution in [3.63, 3.8) is 0 Å². The predicted molar refractivity (Wildman–Crippen MR) is 110 cm³/mol. The van der Waals surface area contributed by atoms with Gasteiger partial charge in [-0.15, -0.1) is 11.3 Å². The van der Waals surface area contributed by atoms with E-state index in [0.717, 1.165) is 40.5 Å². The zero-order chi connectivity index (χ0) is 18.9. The fourth-order valence-corrected chi connectivity index (χ4v) is 4.99. The van der Waals surface area contributed by atoms with Crippen LogP contribution in [0.4, 0.5) is 5.82 Å². The normalized spacial score (nSPS) is 21.2. The Hall–Kier alpha value is -0.890. The fraction of sp³-hybridized carbons (Fsp3) is 0.684. The minimum absolute atomic E-state index is 0.00190. The van der Waals surface area contributed by atoms with E-state index in [9.17, 15) is 5.11 Å². The van der Waals surface area contributed by atoms with E-state index in [0.29, 0.717) is 11.9 Å². The van der Waals surface area contributed by atoms with Crippen molar-refractivity contribution < 1.29 is 9.84 Å². The van der Waals surface area contributed by atoms with Gasteiger partial charge in [0, 0.05) is 16.5 Å². The van der Waals surface area contributed by atoms with Gasteiger partial charge in [0.15, 0.2) is 5.16 Å². The molecular formula is C19H29N3O2S2. The maximum absolute atomic E-state index is 9.66. The molecule has 0 aromatic carbocycles. The van der Waals surface area contributed by atoms with Gasteiger partial charge in [-0.1, -0.05) is 39.5 Å². The number of thioether (sulfide) groups is 1. The lowest BCUT2D eigenvalue weighted by molar-refractivity contribution is -0.0542. The van der Waals surface area contributed by atoms with Crippen LogP contribution in [0.1, 0.15) is 57.9 Å². The Labute approximate surface area is 164 Å². The van der Waals surface area contributed by atoms with Crippen molar-refractivity contribution in [3.05, 3.63) is 10.4 Å². The van der Waals surface area contributed by atoms with Crippen molar-refractivity contribution >= 4 is 39.1 Å². The molecule has 2 N–H and O–H groups in total. The number of fused-ring (bicyclic) bond motifs is 3. The highest BCUT2D eigenvalue weighted by molar-refractivity contribution is 7.99. The highest BCUT2D eigenvalue weighted by atomic mass is 32.2. The molecule has 2 unspecified atom stereocenters. The van der Waals surface area contributed by atoms with Gasteiger partial charge >= 0.3 is 0 Å². The molecule has 0 bridgehead atoms. The summed E-state index contributed by atoms with van der Waals surface area (Å²) in [6, 6.07) is -0.00190. The van der Waals surface area contributed by atoms with Crippen molar-refractivity contribution in [3.8, 4) is 0 Å². The summed E-state index contributed by atoms with van der Waals surface area (Å²) in [5.41, 5.74) is 1.18. The molecule has 0 radical (unpaired) electrons. The third-order valence-electron chi connectivity index (χ3n) is 4.96. The lowest BCUT2D eigenvalue weighted by Gasteiger charge is -2.33. The molecule has 7 heteroatoms. The van der Waals surface area contributed by atoms with Crippen LogP contribution in [-0.4, -0.2) is 38.6 Å². The summed E-state index contributed by atoms with van der Waals surface area (Å²) in [4.78, 5) is 11.9.